The summed E-state index contributed by atoms with van der Waals surface area (Å²) in [4.78, 5) is 35.7. The Morgan fingerprint density at radius 2 is 1.93 bits per heavy atom. The largest absolute Gasteiger partial charge is 0.475 e. The molecule has 2 aromatic rings. The molecule has 0 radical (unpaired) electrons. The molecule has 2 aromatic heterocycles. The van der Waals surface area contributed by atoms with Crippen LogP contribution in [-0.2, 0) is 9.47 Å². The van der Waals surface area contributed by atoms with Crippen molar-refractivity contribution in [3.63, 3.8) is 0 Å². The molecule has 9 heteroatoms. The lowest BCUT2D eigenvalue weighted by Gasteiger charge is -2.21. The van der Waals surface area contributed by atoms with Crippen LogP contribution < -0.4 is 10.1 Å². The number of hydrogen-bond acceptors (Lipinski definition) is 8. The second-order valence-corrected chi connectivity index (χ2v) is 7.02. The van der Waals surface area contributed by atoms with Crippen molar-refractivity contribution in [2.75, 3.05) is 13.7 Å². The molecule has 0 aliphatic heterocycles. The summed E-state index contributed by atoms with van der Waals surface area (Å²) in [6.45, 7) is 7.41. The molecule has 0 spiro atoms. The number of hydrogen-bond donors (Lipinski definition) is 1. The SMILES string of the molecule is COC(=O)c1cncc(-c2ccc(OCC(C)NC(=O)OC(C)(C)C)nc2)n1. The average molecular weight is 388 g/mol. The first-order valence-electron chi connectivity index (χ1n) is 8.67. The van der Waals surface area contributed by atoms with Gasteiger partial charge in [-0.25, -0.2) is 19.6 Å². The lowest BCUT2D eigenvalue weighted by Crippen LogP contribution is -2.40. The van der Waals surface area contributed by atoms with Gasteiger partial charge >= 0.3 is 12.1 Å². The molecule has 150 valence electrons. The normalized spacial score (nSPS) is 12.0. The highest BCUT2D eigenvalue weighted by molar-refractivity contribution is 5.87. The number of nitrogens with zero attached hydrogens (tertiary/aromatic N) is 3. The fourth-order valence-electron chi connectivity index (χ4n) is 2.09. The van der Waals surface area contributed by atoms with Crippen LogP contribution in [0.15, 0.2) is 30.7 Å². The van der Waals surface area contributed by atoms with Crippen LogP contribution in [0.1, 0.15) is 38.2 Å². The first-order chi connectivity index (χ1) is 13.2. The zero-order valence-corrected chi connectivity index (χ0v) is 16.6. The molecule has 0 saturated heterocycles. The Morgan fingerprint density at radius 3 is 2.54 bits per heavy atom. The van der Waals surface area contributed by atoms with E-state index in [4.69, 9.17) is 9.47 Å². The van der Waals surface area contributed by atoms with Crippen LogP contribution in [0.3, 0.4) is 0 Å². The highest BCUT2D eigenvalue weighted by Gasteiger charge is 2.18. The molecule has 9 nitrogen and oxygen atoms in total. The maximum Gasteiger partial charge on any atom is 0.407 e. The number of aromatic nitrogens is 3. The summed E-state index contributed by atoms with van der Waals surface area (Å²) in [5, 5.41) is 2.69. The predicted molar refractivity (Wildman–Crippen MR) is 101 cm³/mol. The van der Waals surface area contributed by atoms with Crippen molar-refractivity contribution in [2.24, 2.45) is 0 Å². The number of ether oxygens (including phenoxy) is 3. The smallest absolute Gasteiger partial charge is 0.407 e. The number of carbonyl (C=O) groups is 2. The Bertz CT molecular complexity index is 818. The van der Waals surface area contributed by atoms with Crippen LogP contribution in [-0.4, -0.2) is 52.4 Å². The molecule has 1 unspecified atom stereocenters. The van der Waals surface area contributed by atoms with Crippen molar-refractivity contribution in [2.45, 2.75) is 39.3 Å². The summed E-state index contributed by atoms with van der Waals surface area (Å²) >= 11 is 0. The third kappa shape index (κ3) is 6.49. The number of nitrogens with one attached hydrogen (secondary N) is 1. The zero-order valence-electron chi connectivity index (χ0n) is 16.6. The van der Waals surface area contributed by atoms with Gasteiger partial charge in [-0.2, -0.15) is 0 Å². The Hall–Kier alpha value is -3.23. The predicted octanol–water partition coefficient (Wildman–Crippen LogP) is 2.62. The van der Waals surface area contributed by atoms with E-state index >= 15 is 0 Å². The van der Waals surface area contributed by atoms with Crippen LogP contribution in [0.4, 0.5) is 4.79 Å². The van der Waals surface area contributed by atoms with E-state index in [0.717, 1.165) is 0 Å². The number of pyridine rings is 1. The summed E-state index contributed by atoms with van der Waals surface area (Å²) < 4.78 is 15.4. The summed E-state index contributed by atoms with van der Waals surface area (Å²) in [5.74, 6) is -0.174. The molecular formula is C19H24N4O5. The number of amides is 1. The van der Waals surface area contributed by atoms with Crippen LogP contribution >= 0.6 is 0 Å². The molecule has 0 aliphatic carbocycles. The fraction of sp³-hybridized carbons (Fsp3) is 0.421. The van der Waals surface area contributed by atoms with Crippen molar-refractivity contribution >= 4 is 12.1 Å². The molecule has 0 aliphatic rings. The molecule has 1 atom stereocenters. The van der Waals surface area contributed by atoms with Crippen molar-refractivity contribution in [3.05, 3.63) is 36.4 Å². The van der Waals surface area contributed by atoms with Crippen molar-refractivity contribution < 1.29 is 23.8 Å². The second kappa shape index (κ2) is 9.12. The molecular weight excluding hydrogens is 364 g/mol. The van der Waals surface area contributed by atoms with Gasteiger partial charge in [0.05, 0.1) is 31.2 Å². The lowest BCUT2D eigenvalue weighted by atomic mass is 10.2. The molecule has 0 aromatic carbocycles. The van der Waals surface area contributed by atoms with Crippen molar-refractivity contribution in [3.8, 4) is 17.1 Å². The molecule has 2 rings (SSSR count). The Kier molecular flexibility index (Phi) is 6.86. The van der Waals surface area contributed by atoms with Gasteiger partial charge in [0.25, 0.3) is 0 Å². The van der Waals surface area contributed by atoms with Gasteiger partial charge in [0.2, 0.25) is 5.88 Å². The zero-order chi connectivity index (χ0) is 20.7. The van der Waals surface area contributed by atoms with E-state index in [9.17, 15) is 9.59 Å². The monoisotopic (exact) mass is 388 g/mol. The van der Waals surface area contributed by atoms with Crippen molar-refractivity contribution in [1.29, 1.82) is 0 Å². The molecule has 1 N–H and O–H groups in total. The number of esters is 1. The Labute approximate surface area is 163 Å². The third-order valence-electron chi connectivity index (χ3n) is 3.31. The summed E-state index contributed by atoms with van der Waals surface area (Å²) in [6.07, 6.45) is 3.92. The van der Waals surface area contributed by atoms with Crippen molar-refractivity contribution in [1.82, 2.24) is 20.3 Å². The van der Waals surface area contributed by atoms with Gasteiger partial charge in [0.15, 0.2) is 5.69 Å². The molecule has 1 amide bonds. The van der Waals surface area contributed by atoms with E-state index in [1.165, 1.54) is 19.5 Å². The standard InChI is InChI=1S/C19H24N4O5/c1-12(22-18(25)28-19(2,3)4)11-27-16-7-6-13(8-21-16)14-9-20-10-15(23-14)17(24)26-5/h6-10,12H,11H2,1-5H3,(H,22,25). The molecule has 0 saturated carbocycles. The first-order valence-corrected chi connectivity index (χ1v) is 8.67. The van der Waals surface area contributed by atoms with E-state index in [1.807, 2.05) is 0 Å². The summed E-state index contributed by atoms with van der Waals surface area (Å²) in [7, 11) is 1.28. The number of alkyl carbamates (subject to hydrolysis) is 1. The highest BCUT2D eigenvalue weighted by Crippen LogP contribution is 2.18. The van der Waals surface area contributed by atoms with Gasteiger partial charge in [-0.15, -0.1) is 0 Å². The van der Waals surface area contributed by atoms with E-state index in [-0.39, 0.29) is 18.3 Å². The minimum Gasteiger partial charge on any atom is -0.475 e. The minimum atomic E-state index is -0.561. The van der Waals surface area contributed by atoms with Gasteiger partial charge in [-0.3, -0.25) is 4.98 Å². The number of rotatable bonds is 6. The average Bonchev–Trinajstić information content (AvgIpc) is 2.64. The molecule has 28 heavy (non-hydrogen) atoms. The summed E-state index contributed by atoms with van der Waals surface area (Å²) in [6, 6.07) is 3.15. The molecule has 0 bridgehead atoms. The molecule has 2 heterocycles. The third-order valence-corrected chi connectivity index (χ3v) is 3.31. The summed E-state index contributed by atoms with van der Waals surface area (Å²) in [5.41, 5.74) is 0.714. The van der Waals surface area contributed by atoms with Gasteiger partial charge in [0.1, 0.15) is 12.2 Å². The van der Waals surface area contributed by atoms with E-state index in [1.54, 1.807) is 46.0 Å². The maximum atomic E-state index is 11.7. The van der Waals surface area contributed by atoms with Gasteiger partial charge in [-0.05, 0) is 33.8 Å². The van der Waals surface area contributed by atoms with E-state index < -0.39 is 17.7 Å². The first kappa shape index (κ1) is 21.1. The number of carbonyl (C=O) groups excluding carboxylic acids is 2. The fourth-order valence-corrected chi connectivity index (χ4v) is 2.09. The minimum absolute atomic E-state index is 0.113. The Morgan fingerprint density at radius 1 is 1.18 bits per heavy atom. The van der Waals surface area contributed by atoms with Crippen LogP contribution in [0.5, 0.6) is 5.88 Å². The lowest BCUT2D eigenvalue weighted by molar-refractivity contribution is 0.0492. The van der Waals surface area contributed by atoms with Crippen LogP contribution in [0.25, 0.3) is 11.3 Å². The quantitative estimate of drug-likeness (QED) is 0.752. The van der Waals surface area contributed by atoms with Gasteiger partial charge in [-0.1, -0.05) is 0 Å². The van der Waals surface area contributed by atoms with E-state index in [2.05, 4.69) is 25.0 Å². The van der Waals surface area contributed by atoms with Crippen LogP contribution in [0.2, 0.25) is 0 Å². The Balaban J connectivity index is 1.93. The second-order valence-electron chi connectivity index (χ2n) is 7.02. The van der Waals surface area contributed by atoms with Crippen LogP contribution in [0, 0.1) is 0 Å². The molecule has 0 fully saturated rings. The topological polar surface area (TPSA) is 113 Å². The van der Waals surface area contributed by atoms with Gasteiger partial charge < -0.3 is 19.5 Å². The maximum absolute atomic E-state index is 11.7. The number of methoxy groups -OCH3 is 1. The van der Waals surface area contributed by atoms with E-state index in [0.29, 0.717) is 17.1 Å². The van der Waals surface area contributed by atoms with Gasteiger partial charge in [0, 0.05) is 17.8 Å². The highest BCUT2D eigenvalue weighted by atomic mass is 16.6.